The molecule has 0 bridgehead atoms. The molecule has 1 unspecified atom stereocenters. The quantitative estimate of drug-likeness (QED) is 0.513. The molecule has 7 nitrogen and oxygen atoms in total. The van der Waals surface area contributed by atoms with Gasteiger partial charge < -0.3 is 10.6 Å². The lowest BCUT2D eigenvalue weighted by Gasteiger charge is -2.25. The van der Waals surface area contributed by atoms with Crippen molar-refractivity contribution in [1.82, 2.24) is 25.5 Å². The van der Waals surface area contributed by atoms with Gasteiger partial charge in [-0.25, -0.2) is 9.97 Å². The number of benzene rings is 2. The van der Waals surface area contributed by atoms with Crippen LogP contribution in [0.1, 0.15) is 33.5 Å². The Morgan fingerprint density at radius 1 is 1.07 bits per heavy atom. The van der Waals surface area contributed by atoms with Gasteiger partial charge in [0.2, 0.25) is 0 Å². The van der Waals surface area contributed by atoms with Gasteiger partial charge in [-0.05, 0) is 30.7 Å². The highest BCUT2D eigenvalue weighted by Gasteiger charge is 2.27. The fourth-order valence-electron chi connectivity index (χ4n) is 3.53. The number of carbonyl (C=O) groups excluding carboxylic acids is 1. The zero-order valence-electron chi connectivity index (χ0n) is 15.2. The molecule has 2 aromatic carbocycles. The Balaban J connectivity index is 1.58. The van der Waals surface area contributed by atoms with Gasteiger partial charge in [-0.1, -0.05) is 30.3 Å². The van der Waals surface area contributed by atoms with Gasteiger partial charge in [0.05, 0.1) is 11.6 Å². The second kappa shape index (κ2) is 6.45. The van der Waals surface area contributed by atoms with E-state index in [-0.39, 0.29) is 11.9 Å². The molecule has 0 spiro atoms. The Kier molecular flexibility index (Phi) is 3.79. The number of para-hydroxylation sites is 1. The van der Waals surface area contributed by atoms with Gasteiger partial charge in [0.25, 0.3) is 5.91 Å². The maximum absolute atomic E-state index is 12.5. The standard InChI is InChI=1S/C21H18N6O/c1-12-10-18(27-26-12)24-19-15-8-4-5-9-16(15)22-20(25-19)17-11-13-6-2-3-7-14(13)21(28)23-17/h2-10,17H,11H2,1H3,(H,23,28)(H2,22,24,25,26,27). The first kappa shape index (κ1) is 16.4. The molecule has 0 saturated heterocycles. The predicted molar refractivity (Wildman–Crippen MR) is 106 cm³/mol. The van der Waals surface area contributed by atoms with Crippen LogP contribution >= 0.6 is 0 Å². The number of H-pyrrole nitrogens is 1. The van der Waals surface area contributed by atoms with Gasteiger partial charge in [-0.3, -0.25) is 9.89 Å². The molecular weight excluding hydrogens is 352 g/mol. The molecule has 28 heavy (non-hydrogen) atoms. The summed E-state index contributed by atoms with van der Waals surface area (Å²) in [6.07, 6.45) is 0.654. The fourth-order valence-corrected chi connectivity index (χ4v) is 3.53. The average Bonchev–Trinajstić information content (AvgIpc) is 3.12. The van der Waals surface area contributed by atoms with Crippen LogP contribution in [-0.4, -0.2) is 26.1 Å². The zero-order valence-corrected chi connectivity index (χ0v) is 15.2. The molecular formula is C21H18N6O. The van der Waals surface area contributed by atoms with Crippen LogP contribution in [0.25, 0.3) is 10.9 Å². The molecule has 138 valence electrons. The summed E-state index contributed by atoms with van der Waals surface area (Å²) in [4.78, 5) is 22.0. The molecule has 0 aliphatic carbocycles. The van der Waals surface area contributed by atoms with Crippen molar-refractivity contribution in [3.05, 3.63) is 77.2 Å². The molecule has 3 N–H and O–H groups in total. The minimum absolute atomic E-state index is 0.0963. The lowest BCUT2D eigenvalue weighted by Crippen LogP contribution is -2.36. The van der Waals surface area contributed by atoms with E-state index < -0.39 is 0 Å². The molecule has 5 rings (SSSR count). The molecule has 2 aromatic heterocycles. The smallest absolute Gasteiger partial charge is 0.252 e. The van der Waals surface area contributed by atoms with Crippen molar-refractivity contribution >= 4 is 28.4 Å². The summed E-state index contributed by atoms with van der Waals surface area (Å²) in [6, 6.07) is 17.1. The number of anilines is 2. The second-order valence-electron chi connectivity index (χ2n) is 6.90. The Morgan fingerprint density at radius 3 is 2.75 bits per heavy atom. The number of nitrogens with zero attached hydrogens (tertiary/aromatic N) is 3. The van der Waals surface area contributed by atoms with Crippen LogP contribution in [0.15, 0.2) is 54.6 Å². The van der Waals surface area contributed by atoms with E-state index >= 15 is 0 Å². The van der Waals surface area contributed by atoms with Gasteiger partial charge in [0, 0.05) is 29.1 Å². The summed E-state index contributed by atoms with van der Waals surface area (Å²) >= 11 is 0. The van der Waals surface area contributed by atoms with E-state index in [1.807, 2.05) is 61.5 Å². The van der Waals surface area contributed by atoms with Crippen molar-refractivity contribution in [2.75, 3.05) is 5.32 Å². The zero-order chi connectivity index (χ0) is 19.1. The Bertz CT molecular complexity index is 1200. The minimum atomic E-state index is -0.284. The summed E-state index contributed by atoms with van der Waals surface area (Å²) in [5.41, 5.74) is 3.49. The Labute approximate surface area is 161 Å². The number of aromatic amines is 1. The van der Waals surface area contributed by atoms with Crippen LogP contribution in [0, 0.1) is 6.92 Å². The van der Waals surface area contributed by atoms with Crippen LogP contribution in [0.3, 0.4) is 0 Å². The summed E-state index contributed by atoms with van der Waals surface area (Å²) in [5, 5.41) is 14.4. The first-order valence-corrected chi connectivity index (χ1v) is 9.12. The number of aryl methyl sites for hydroxylation is 1. The third kappa shape index (κ3) is 2.87. The number of hydrogen-bond donors (Lipinski definition) is 3. The van der Waals surface area contributed by atoms with Crippen molar-refractivity contribution < 1.29 is 4.79 Å². The van der Waals surface area contributed by atoms with Gasteiger partial charge in [-0.2, -0.15) is 5.10 Å². The van der Waals surface area contributed by atoms with Gasteiger partial charge in [0.15, 0.2) is 11.6 Å². The van der Waals surface area contributed by atoms with E-state index in [1.165, 1.54) is 0 Å². The summed E-state index contributed by atoms with van der Waals surface area (Å²) in [6.45, 7) is 1.94. The molecule has 4 aromatic rings. The van der Waals surface area contributed by atoms with Crippen molar-refractivity contribution in [2.45, 2.75) is 19.4 Å². The number of carbonyl (C=O) groups is 1. The van der Waals surface area contributed by atoms with Crippen molar-refractivity contribution in [1.29, 1.82) is 0 Å². The third-order valence-corrected chi connectivity index (χ3v) is 4.88. The maximum Gasteiger partial charge on any atom is 0.252 e. The van der Waals surface area contributed by atoms with Crippen molar-refractivity contribution in [2.24, 2.45) is 0 Å². The highest BCUT2D eigenvalue weighted by Crippen LogP contribution is 2.28. The van der Waals surface area contributed by atoms with Gasteiger partial charge >= 0.3 is 0 Å². The lowest BCUT2D eigenvalue weighted by atomic mass is 9.95. The van der Waals surface area contributed by atoms with E-state index in [4.69, 9.17) is 9.97 Å². The van der Waals surface area contributed by atoms with Crippen molar-refractivity contribution in [3.8, 4) is 0 Å². The predicted octanol–water partition coefficient (Wildman–Crippen LogP) is 3.43. The van der Waals surface area contributed by atoms with Crippen LogP contribution in [0.2, 0.25) is 0 Å². The molecule has 3 heterocycles. The molecule has 0 fully saturated rings. The summed E-state index contributed by atoms with van der Waals surface area (Å²) < 4.78 is 0. The van der Waals surface area contributed by atoms with E-state index in [1.54, 1.807) is 0 Å². The van der Waals surface area contributed by atoms with Crippen LogP contribution in [0.5, 0.6) is 0 Å². The molecule has 1 aliphatic heterocycles. The third-order valence-electron chi connectivity index (χ3n) is 4.88. The second-order valence-corrected chi connectivity index (χ2v) is 6.90. The number of amides is 1. The normalized spacial score (nSPS) is 15.9. The molecule has 1 atom stereocenters. The molecule has 1 amide bonds. The maximum atomic E-state index is 12.5. The Morgan fingerprint density at radius 2 is 1.89 bits per heavy atom. The monoisotopic (exact) mass is 370 g/mol. The number of fused-ring (bicyclic) bond motifs is 2. The molecule has 7 heteroatoms. The average molecular weight is 370 g/mol. The first-order valence-electron chi connectivity index (χ1n) is 9.12. The number of nitrogens with one attached hydrogen (secondary N) is 3. The summed E-state index contributed by atoms with van der Waals surface area (Å²) in [5.74, 6) is 1.84. The van der Waals surface area contributed by atoms with Crippen LogP contribution in [-0.2, 0) is 6.42 Å². The lowest BCUT2D eigenvalue weighted by molar-refractivity contribution is 0.0923. The van der Waals surface area contributed by atoms with Crippen LogP contribution < -0.4 is 10.6 Å². The number of aromatic nitrogens is 4. The highest BCUT2D eigenvalue weighted by atomic mass is 16.1. The number of rotatable bonds is 3. The van der Waals surface area contributed by atoms with E-state index in [2.05, 4.69) is 20.8 Å². The molecule has 0 saturated carbocycles. The van der Waals surface area contributed by atoms with Crippen LogP contribution in [0.4, 0.5) is 11.6 Å². The molecule has 0 radical (unpaired) electrons. The van der Waals surface area contributed by atoms with E-state index in [0.717, 1.165) is 22.2 Å². The largest absolute Gasteiger partial charge is 0.342 e. The fraction of sp³-hybridized carbons (Fsp3) is 0.143. The van der Waals surface area contributed by atoms with Gasteiger partial charge in [0.1, 0.15) is 5.82 Å². The molecule has 1 aliphatic rings. The highest BCUT2D eigenvalue weighted by molar-refractivity contribution is 5.97. The minimum Gasteiger partial charge on any atom is -0.342 e. The van der Waals surface area contributed by atoms with Gasteiger partial charge in [-0.15, -0.1) is 0 Å². The van der Waals surface area contributed by atoms with E-state index in [9.17, 15) is 4.79 Å². The summed E-state index contributed by atoms with van der Waals surface area (Å²) in [7, 11) is 0. The van der Waals surface area contributed by atoms with Crippen molar-refractivity contribution in [3.63, 3.8) is 0 Å². The van der Waals surface area contributed by atoms with E-state index in [0.29, 0.717) is 29.4 Å². The SMILES string of the molecule is Cc1cc(Nc2nc(C3Cc4ccccc4C(=O)N3)nc3ccccc23)n[nH]1. The number of hydrogen-bond acceptors (Lipinski definition) is 5. The first-order chi connectivity index (χ1) is 13.7. The Hall–Kier alpha value is -3.74. The topological polar surface area (TPSA) is 95.6 Å².